The highest BCUT2D eigenvalue weighted by Crippen LogP contribution is 2.52. The molecule has 2 heteroatoms. The van der Waals surface area contributed by atoms with E-state index in [4.69, 9.17) is 4.74 Å². The van der Waals surface area contributed by atoms with Gasteiger partial charge in [0.25, 0.3) is 0 Å². The zero-order chi connectivity index (χ0) is 27.0. The molecule has 0 fully saturated rings. The molecule has 0 saturated heterocycles. The molecule has 0 radical (unpaired) electrons. The Morgan fingerprint density at radius 3 is 2.24 bits per heavy atom. The molecule has 0 saturated carbocycles. The monoisotopic (exact) mass is 501 g/mol. The Labute approximate surface area is 227 Å². The minimum Gasteiger partial charge on any atom is -0.455 e. The lowest BCUT2D eigenvalue weighted by molar-refractivity contribution is 0.421. The summed E-state index contributed by atoms with van der Waals surface area (Å²) in [5.74, 6) is 2.48. The minimum absolute atomic E-state index is 0.119. The lowest BCUT2D eigenvalue weighted by atomic mass is 9.72. The molecular formula is C36H39NO. The molecule has 1 aliphatic rings. The Kier molecular flexibility index (Phi) is 5.54. The number of rotatable bonds is 4. The van der Waals surface area contributed by atoms with Crippen molar-refractivity contribution in [2.75, 3.05) is 0 Å². The number of hydrogen-bond acceptors (Lipinski definition) is 1. The van der Waals surface area contributed by atoms with Crippen LogP contribution in [0.15, 0.2) is 72.8 Å². The largest absolute Gasteiger partial charge is 0.455 e. The molecule has 2 nitrogen and oxygen atoms in total. The first-order valence-electron chi connectivity index (χ1n) is 14.0. The number of nitrogens with zero attached hydrogens (tertiary/aromatic N) is 1. The van der Waals surface area contributed by atoms with Gasteiger partial charge in [0.05, 0.1) is 11.0 Å². The third kappa shape index (κ3) is 3.32. The van der Waals surface area contributed by atoms with Gasteiger partial charge in [-0.05, 0) is 47.6 Å². The summed E-state index contributed by atoms with van der Waals surface area (Å²) in [6, 6.07) is 26.8. The number of para-hydroxylation sites is 1. The average Bonchev–Trinajstić information content (AvgIpc) is 3.21. The Morgan fingerprint density at radius 1 is 0.816 bits per heavy atom. The normalized spacial score (nSPS) is 15.3. The van der Waals surface area contributed by atoms with Gasteiger partial charge in [-0.15, -0.1) is 0 Å². The van der Waals surface area contributed by atoms with Crippen molar-refractivity contribution in [3.8, 4) is 11.5 Å². The van der Waals surface area contributed by atoms with Gasteiger partial charge in [-0.3, -0.25) is 0 Å². The van der Waals surface area contributed by atoms with Crippen LogP contribution in [0.1, 0.15) is 87.3 Å². The maximum atomic E-state index is 6.68. The van der Waals surface area contributed by atoms with Gasteiger partial charge in [0.15, 0.2) is 5.75 Å². The molecule has 5 aromatic rings. The van der Waals surface area contributed by atoms with E-state index >= 15 is 0 Å². The van der Waals surface area contributed by atoms with Crippen molar-refractivity contribution in [2.45, 2.75) is 71.6 Å². The van der Waals surface area contributed by atoms with Gasteiger partial charge in [-0.1, -0.05) is 108 Å². The van der Waals surface area contributed by atoms with Gasteiger partial charge in [0.2, 0.25) is 0 Å². The lowest BCUT2D eigenvalue weighted by Gasteiger charge is -2.34. The molecule has 194 valence electrons. The molecule has 1 unspecified atom stereocenters. The molecule has 0 bridgehead atoms. The Morgan fingerprint density at radius 2 is 1.47 bits per heavy atom. The van der Waals surface area contributed by atoms with Crippen molar-refractivity contribution in [1.29, 1.82) is 0 Å². The number of aryl methyl sites for hydroxylation is 2. The van der Waals surface area contributed by atoms with Crippen LogP contribution in [-0.4, -0.2) is 4.57 Å². The van der Waals surface area contributed by atoms with Crippen molar-refractivity contribution in [1.82, 2.24) is 4.57 Å². The summed E-state index contributed by atoms with van der Waals surface area (Å²) in [4.78, 5) is 0. The third-order valence-electron chi connectivity index (χ3n) is 9.42. The van der Waals surface area contributed by atoms with Gasteiger partial charge < -0.3 is 9.30 Å². The number of hydrogen-bond donors (Lipinski definition) is 0. The quantitative estimate of drug-likeness (QED) is 0.239. The summed E-state index contributed by atoms with van der Waals surface area (Å²) >= 11 is 0. The Balaban J connectivity index is 1.60. The molecule has 0 N–H and O–H groups in total. The average molecular weight is 502 g/mol. The first-order chi connectivity index (χ1) is 18.1. The van der Waals surface area contributed by atoms with Crippen molar-refractivity contribution >= 4 is 21.8 Å². The SMILES string of the molecule is CCC(C)c1ccccc1C(C)(C)c1ccc2c3ccc4c(c3n(C)c2c1C)Oc1ccccc1C4(C)C. The van der Waals surface area contributed by atoms with Crippen molar-refractivity contribution in [3.63, 3.8) is 0 Å². The first kappa shape index (κ1) is 24.8. The maximum absolute atomic E-state index is 6.68. The van der Waals surface area contributed by atoms with Crippen LogP contribution in [0.5, 0.6) is 11.5 Å². The van der Waals surface area contributed by atoms with Crippen molar-refractivity contribution in [3.05, 3.63) is 106 Å². The molecule has 4 aromatic carbocycles. The van der Waals surface area contributed by atoms with E-state index in [2.05, 4.69) is 133 Å². The second kappa shape index (κ2) is 8.50. The second-order valence-electron chi connectivity index (χ2n) is 12.3. The molecular weight excluding hydrogens is 462 g/mol. The molecule has 2 heterocycles. The topological polar surface area (TPSA) is 14.2 Å². The molecule has 1 atom stereocenters. The van der Waals surface area contributed by atoms with Crippen molar-refractivity contribution < 1.29 is 4.74 Å². The number of ether oxygens (including phenoxy) is 1. The van der Waals surface area contributed by atoms with Crippen LogP contribution >= 0.6 is 0 Å². The highest BCUT2D eigenvalue weighted by molar-refractivity contribution is 6.12. The lowest BCUT2D eigenvalue weighted by Crippen LogP contribution is -2.24. The van der Waals surface area contributed by atoms with Gasteiger partial charge >= 0.3 is 0 Å². The second-order valence-corrected chi connectivity index (χ2v) is 12.3. The van der Waals surface area contributed by atoms with Gasteiger partial charge in [0.1, 0.15) is 5.75 Å². The summed E-state index contributed by atoms with van der Waals surface area (Å²) in [5.41, 5.74) is 10.3. The molecule has 0 aliphatic carbocycles. The van der Waals surface area contributed by atoms with E-state index in [-0.39, 0.29) is 10.8 Å². The molecule has 6 rings (SSSR count). The standard InChI is InChI=1S/C36H39NO/c1-9-22(2)24-14-10-11-15-28(24)35(4,5)27-20-18-25-26-19-21-30-34(33(26)37(8)32(25)23(27)3)38-31-17-13-12-16-29(31)36(30,6)7/h10-22H,9H2,1-8H3. The van der Waals surface area contributed by atoms with E-state index in [9.17, 15) is 0 Å². The van der Waals surface area contributed by atoms with Crippen LogP contribution in [0.2, 0.25) is 0 Å². The number of benzene rings is 4. The molecule has 1 aromatic heterocycles. The van der Waals surface area contributed by atoms with Crippen LogP contribution in [0.3, 0.4) is 0 Å². The van der Waals surface area contributed by atoms with Crippen LogP contribution in [0.4, 0.5) is 0 Å². The fraction of sp³-hybridized carbons (Fsp3) is 0.333. The highest BCUT2D eigenvalue weighted by atomic mass is 16.5. The molecule has 0 spiro atoms. The third-order valence-corrected chi connectivity index (χ3v) is 9.42. The van der Waals surface area contributed by atoms with Gasteiger partial charge in [0, 0.05) is 39.8 Å². The van der Waals surface area contributed by atoms with Crippen LogP contribution in [-0.2, 0) is 17.9 Å². The van der Waals surface area contributed by atoms with Gasteiger partial charge in [-0.25, -0.2) is 0 Å². The minimum atomic E-state index is -0.128. The van der Waals surface area contributed by atoms with E-state index in [1.54, 1.807) is 0 Å². The summed E-state index contributed by atoms with van der Waals surface area (Å²) in [5, 5.41) is 2.54. The van der Waals surface area contributed by atoms with Crippen molar-refractivity contribution in [2.24, 2.45) is 7.05 Å². The Bertz CT molecular complexity index is 1720. The predicted octanol–water partition coefficient (Wildman–Crippen LogP) is 9.91. The van der Waals surface area contributed by atoms with E-state index in [1.807, 2.05) is 0 Å². The summed E-state index contributed by atoms with van der Waals surface area (Å²) in [6.45, 7) is 16.3. The maximum Gasteiger partial charge on any atom is 0.155 e. The zero-order valence-electron chi connectivity index (χ0n) is 24.1. The van der Waals surface area contributed by atoms with Crippen LogP contribution in [0, 0.1) is 6.92 Å². The van der Waals surface area contributed by atoms with Crippen LogP contribution in [0.25, 0.3) is 21.8 Å². The Hall–Kier alpha value is -3.52. The summed E-state index contributed by atoms with van der Waals surface area (Å²) in [6.07, 6.45) is 1.14. The summed E-state index contributed by atoms with van der Waals surface area (Å²) < 4.78 is 9.05. The van der Waals surface area contributed by atoms with E-state index in [0.717, 1.165) is 17.9 Å². The molecule has 1 aliphatic heterocycles. The fourth-order valence-corrected chi connectivity index (χ4v) is 7.04. The fourth-order valence-electron chi connectivity index (χ4n) is 7.04. The number of fused-ring (bicyclic) bond motifs is 6. The van der Waals surface area contributed by atoms with E-state index in [0.29, 0.717) is 5.92 Å². The van der Waals surface area contributed by atoms with Crippen LogP contribution < -0.4 is 4.74 Å². The van der Waals surface area contributed by atoms with Gasteiger partial charge in [-0.2, -0.15) is 0 Å². The zero-order valence-corrected chi connectivity index (χ0v) is 24.1. The van der Waals surface area contributed by atoms with E-state index < -0.39 is 0 Å². The predicted molar refractivity (Wildman–Crippen MR) is 161 cm³/mol. The number of aromatic nitrogens is 1. The van der Waals surface area contributed by atoms with E-state index in [1.165, 1.54) is 55.2 Å². The molecule has 38 heavy (non-hydrogen) atoms. The highest BCUT2D eigenvalue weighted by Gasteiger charge is 2.36. The summed E-state index contributed by atoms with van der Waals surface area (Å²) in [7, 11) is 2.21. The smallest absolute Gasteiger partial charge is 0.155 e. The first-order valence-corrected chi connectivity index (χ1v) is 14.0. The molecule has 0 amide bonds.